The van der Waals surface area contributed by atoms with Gasteiger partial charge >= 0.3 is 0 Å². The molecule has 2 aromatic carbocycles. The first kappa shape index (κ1) is 22.5. The highest BCUT2D eigenvalue weighted by Crippen LogP contribution is 2.21. The van der Waals surface area contributed by atoms with Gasteiger partial charge in [-0.1, -0.05) is 38.1 Å². The monoisotopic (exact) mass is 421 g/mol. The normalized spacial score (nSPS) is 14.4. The van der Waals surface area contributed by atoms with Gasteiger partial charge in [-0.15, -0.1) is 0 Å². The summed E-state index contributed by atoms with van der Waals surface area (Å²) in [5.74, 6) is 0.336. The maximum Gasteiger partial charge on any atom is 0.255 e. The lowest BCUT2D eigenvalue weighted by Gasteiger charge is -2.31. The molecule has 0 bridgehead atoms. The van der Waals surface area contributed by atoms with Crippen LogP contribution in [-0.4, -0.2) is 42.3 Å². The van der Waals surface area contributed by atoms with Crippen molar-refractivity contribution in [2.24, 2.45) is 11.8 Å². The van der Waals surface area contributed by atoms with E-state index < -0.39 is 0 Å². The third-order valence-corrected chi connectivity index (χ3v) is 5.58. The first-order chi connectivity index (χ1) is 14.9. The molecule has 1 heterocycles. The molecule has 0 aromatic heterocycles. The van der Waals surface area contributed by atoms with Gasteiger partial charge in [0.2, 0.25) is 5.91 Å². The molecule has 0 atom stereocenters. The van der Waals surface area contributed by atoms with Gasteiger partial charge in [0.1, 0.15) is 0 Å². The van der Waals surface area contributed by atoms with Gasteiger partial charge in [0, 0.05) is 42.4 Å². The highest BCUT2D eigenvalue weighted by molar-refractivity contribution is 6.05. The Hall–Kier alpha value is -3.15. The van der Waals surface area contributed by atoms with E-state index >= 15 is 0 Å². The van der Waals surface area contributed by atoms with Crippen LogP contribution < -0.4 is 10.6 Å². The number of likely N-dealkylation sites (tertiary alicyclic amines) is 1. The molecule has 164 valence electrons. The number of piperidine rings is 1. The van der Waals surface area contributed by atoms with Gasteiger partial charge in [0.25, 0.3) is 11.8 Å². The Morgan fingerprint density at radius 1 is 0.968 bits per heavy atom. The van der Waals surface area contributed by atoms with E-state index in [0.29, 0.717) is 55.2 Å². The Kier molecular flexibility index (Phi) is 7.82. The molecule has 6 nitrogen and oxygen atoms in total. The fraction of sp³-hybridized carbons (Fsp3) is 0.400. The Morgan fingerprint density at radius 3 is 2.32 bits per heavy atom. The molecular formula is C25H31N3O3. The van der Waals surface area contributed by atoms with Crippen LogP contribution in [0.4, 0.5) is 5.69 Å². The van der Waals surface area contributed by atoms with Crippen LogP contribution in [0.25, 0.3) is 0 Å². The van der Waals surface area contributed by atoms with Crippen molar-refractivity contribution in [2.45, 2.75) is 33.1 Å². The molecule has 3 amide bonds. The zero-order chi connectivity index (χ0) is 22.2. The van der Waals surface area contributed by atoms with E-state index in [1.54, 1.807) is 41.3 Å². The van der Waals surface area contributed by atoms with Crippen molar-refractivity contribution in [3.8, 4) is 0 Å². The first-order valence-corrected chi connectivity index (χ1v) is 11.0. The van der Waals surface area contributed by atoms with Crippen molar-refractivity contribution in [1.29, 1.82) is 0 Å². The van der Waals surface area contributed by atoms with Gasteiger partial charge in [-0.05, 0) is 55.5 Å². The predicted octanol–water partition coefficient (Wildman–Crippen LogP) is 3.95. The largest absolute Gasteiger partial charge is 0.356 e. The lowest BCUT2D eigenvalue weighted by molar-refractivity contribution is -0.126. The van der Waals surface area contributed by atoms with Gasteiger partial charge in [-0.2, -0.15) is 0 Å². The lowest BCUT2D eigenvalue weighted by Crippen LogP contribution is -2.43. The van der Waals surface area contributed by atoms with Crippen molar-refractivity contribution in [3.05, 3.63) is 65.7 Å². The van der Waals surface area contributed by atoms with Crippen molar-refractivity contribution in [1.82, 2.24) is 10.2 Å². The molecule has 3 rings (SSSR count). The molecule has 0 unspecified atom stereocenters. The van der Waals surface area contributed by atoms with Gasteiger partial charge in [-0.25, -0.2) is 0 Å². The van der Waals surface area contributed by atoms with Crippen molar-refractivity contribution >= 4 is 23.4 Å². The van der Waals surface area contributed by atoms with Crippen LogP contribution in [0.3, 0.4) is 0 Å². The van der Waals surface area contributed by atoms with Crippen molar-refractivity contribution < 1.29 is 14.4 Å². The van der Waals surface area contributed by atoms with E-state index in [9.17, 15) is 14.4 Å². The topological polar surface area (TPSA) is 78.5 Å². The van der Waals surface area contributed by atoms with E-state index in [4.69, 9.17) is 0 Å². The number of nitrogens with one attached hydrogen (secondary N) is 2. The molecule has 6 heteroatoms. The second-order valence-electron chi connectivity index (χ2n) is 8.44. The number of benzene rings is 2. The van der Waals surface area contributed by atoms with Gasteiger partial charge in [0.15, 0.2) is 0 Å². The smallest absolute Gasteiger partial charge is 0.255 e. The number of rotatable bonds is 7. The fourth-order valence-electron chi connectivity index (χ4n) is 3.68. The number of amides is 3. The number of carbonyl (C=O) groups excluding carboxylic acids is 3. The van der Waals surface area contributed by atoms with Crippen LogP contribution in [0.5, 0.6) is 0 Å². The minimum Gasteiger partial charge on any atom is -0.356 e. The van der Waals surface area contributed by atoms with E-state index in [2.05, 4.69) is 24.5 Å². The van der Waals surface area contributed by atoms with Crippen molar-refractivity contribution in [3.63, 3.8) is 0 Å². The van der Waals surface area contributed by atoms with E-state index in [0.717, 1.165) is 6.42 Å². The average molecular weight is 422 g/mol. The van der Waals surface area contributed by atoms with Gasteiger partial charge < -0.3 is 15.5 Å². The quantitative estimate of drug-likeness (QED) is 0.710. The minimum atomic E-state index is -0.213. The van der Waals surface area contributed by atoms with Crippen LogP contribution in [0.15, 0.2) is 54.6 Å². The van der Waals surface area contributed by atoms with Crippen LogP contribution in [-0.2, 0) is 4.79 Å². The van der Waals surface area contributed by atoms with E-state index in [1.165, 1.54) is 0 Å². The molecule has 0 radical (unpaired) electrons. The molecule has 1 aliphatic heterocycles. The number of hydrogen-bond acceptors (Lipinski definition) is 3. The highest BCUT2D eigenvalue weighted by atomic mass is 16.2. The summed E-state index contributed by atoms with van der Waals surface area (Å²) in [5, 5.41) is 5.86. The zero-order valence-corrected chi connectivity index (χ0v) is 18.3. The molecule has 1 aliphatic rings. The summed E-state index contributed by atoms with van der Waals surface area (Å²) in [4.78, 5) is 39.4. The molecule has 31 heavy (non-hydrogen) atoms. The maximum absolute atomic E-state index is 12.9. The van der Waals surface area contributed by atoms with Crippen LogP contribution >= 0.6 is 0 Å². The summed E-state index contributed by atoms with van der Waals surface area (Å²) in [6, 6.07) is 16.0. The molecule has 2 aromatic rings. The fourth-order valence-corrected chi connectivity index (χ4v) is 3.68. The average Bonchev–Trinajstić information content (AvgIpc) is 2.79. The third-order valence-electron chi connectivity index (χ3n) is 5.58. The van der Waals surface area contributed by atoms with Crippen LogP contribution in [0.2, 0.25) is 0 Å². The molecule has 0 spiro atoms. The molecule has 0 saturated carbocycles. The molecule has 1 saturated heterocycles. The summed E-state index contributed by atoms with van der Waals surface area (Å²) in [6.45, 7) is 6.09. The summed E-state index contributed by atoms with van der Waals surface area (Å²) in [7, 11) is 0. The second-order valence-corrected chi connectivity index (χ2v) is 8.44. The predicted molar refractivity (Wildman–Crippen MR) is 122 cm³/mol. The summed E-state index contributed by atoms with van der Waals surface area (Å²) in [6.07, 6.45) is 2.31. The standard InChI is InChI=1S/C25H31N3O3/c1-18(2)11-14-26-23(29)20-12-15-28(16-13-20)25(31)21-9-6-10-22(17-21)27-24(30)19-7-4-3-5-8-19/h3-10,17-18,20H,11-16H2,1-2H3,(H,26,29)(H,27,30). The SMILES string of the molecule is CC(C)CCNC(=O)C1CCN(C(=O)c2cccc(NC(=O)c3ccccc3)c2)CC1. The number of nitrogens with zero attached hydrogens (tertiary/aromatic N) is 1. The molecular weight excluding hydrogens is 390 g/mol. The Balaban J connectivity index is 1.53. The van der Waals surface area contributed by atoms with E-state index in [1.807, 2.05) is 18.2 Å². The second kappa shape index (κ2) is 10.8. The molecule has 1 fully saturated rings. The summed E-state index contributed by atoms with van der Waals surface area (Å²) < 4.78 is 0. The van der Waals surface area contributed by atoms with Gasteiger partial charge in [-0.3, -0.25) is 14.4 Å². The molecule has 0 aliphatic carbocycles. The summed E-state index contributed by atoms with van der Waals surface area (Å²) >= 11 is 0. The van der Waals surface area contributed by atoms with Crippen LogP contribution in [0.1, 0.15) is 53.8 Å². The zero-order valence-electron chi connectivity index (χ0n) is 18.3. The third kappa shape index (κ3) is 6.41. The Labute approximate surface area is 184 Å². The number of hydrogen-bond donors (Lipinski definition) is 2. The highest BCUT2D eigenvalue weighted by Gasteiger charge is 2.27. The van der Waals surface area contributed by atoms with E-state index in [-0.39, 0.29) is 23.6 Å². The minimum absolute atomic E-state index is 0.0345. The maximum atomic E-state index is 12.9. The van der Waals surface area contributed by atoms with Crippen molar-refractivity contribution in [2.75, 3.05) is 25.0 Å². The Bertz CT molecular complexity index is 903. The van der Waals surface area contributed by atoms with Gasteiger partial charge in [0.05, 0.1) is 0 Å². The van der Waals surface area contributed by atoms with Crippen LogP contribution in [0, 0.1) is 11.8 Å². The first-order valence-electron chi connectivity index (χ1n) is 11.0. The summed E-state index contributed by atoms with van der Waals surface area (Å²) in [5.41, 5.74) is 1.68. The number of carbonyl (C=O) groups is 3. The molecule has 2 N–H and O–H groups in total. The lowest BCUT2D eigenvalue weighted by atomic mass is 9.95. The number of anilines is 1. The Morgan fingerprint density at radius 2 is 1.65 bits per heavy atom.